The van der Waals surface area contributed by atoms with E-state index in [0.29, 0.717) is 12.1 Å². The molecule has 7 nitrogen and oxygen atoms in total. The van der Waals surface area contributed by atoms with Gasteiger partial charge in [0.2, 0.25) is 0 Å². The summed E-state index contributed by atoms with van der Waals surface area (Å²) in [7, 11) is 0. The van der Waals surface area contributed by atoms with Gasteiger partial charge in [0, 0.05) is 24.2 Å². The van der Waals surface area contributed by atoms with E-state index >= 15 is 0 Å². The number of carboxylic acids is 1. The molecule has 6 rings (SSSR count). The molecule has 0 fully saturated rings. The molecule has 0 spiro atoms. The van der Waals surface area contributed by atoms with Crippen LogP contribution < -0.4 is 5.32 Å². The van der Waals surface area contributed by atoms with Crippen molar-refractivity contribution in [1.29, 1.82) is 0 Å². The lowest BCUT2D eigenvalue weighted by molar-refractivity contribution is 0.0696. The predicted octanol–water partition coefficient (Wildman–Crippen LogP) is 6.33. The second-order valence-electron chi connectivity index (χ2n) is 9.79. The van der Waals surface area contributed by atoms with Crippen molar-refractivity contribution in [3.8, 4) is 11.1 Å². The van der Waals surface area contributed by atoms with Crippen molar-refractivity contribution in [3.05, 3.63) is 138 Å². The van der Waals surface area contributed by atoms with Crippen LogP contribution in [0.2, 0.25) is 0 Å². The second-order valence-corrected chi connectivity index (χ2v) is 9.79. The lowest BCUT2D eigenvalue weighted by Crippen LogP contribution is -2.28. The minimum absolute atomic E-state index is 0.201. The Labute approximate surface area is 230 Å². The van der Waals surface area contributed by atoms with Crippen LogP contribution in [0.25, 0.3) is 27.4 Å². The number of nitrogens with one attached hydrogen (secondary N) is 1. The number of aromatic carboxylic acids is 1. The molecule has 0 aliphatic heterocycles. The van der Waals surface area contributed by atoms with Crippen molar-refractivity contribution in [3.63, 3.8) is 0 Å². The number of hydrogen-bond acceptors (Lipinski definition) is 4. The fourth-order valence-corrected chi connectivity index (χ4v) is 4.98. The molecule has 0 unspecified atom stereocenters. The minimum atomic E-state index is -0.987. The van der Waals surface area contributed by atoms with E-state index in [0.717, 1.165) is 44.4 Å². The molecule has 1 atom stereocenters. The Bertz CT molecular complexity index is 1860. The summed E-state index contributed by atoms with van der Waals surface area (Å²) in [6, 6.07) is 28.3. The van der Waals surface area contributed by atoms with Crippen LogP contribution in [0.15, 0.2) is 110 Å². The monoisotopic (exact) mass is 526 g/mol. The lowest BCUT2D eigenvalue weighted by atomic mass is 10.0. The summed E-state index contributed by atoms with van der Waals surface area (Å²) in [5.74, 6) is -0.486. The summed E-state index contributed by atoms with van der Waals surface area (Å²) < 4.78 is 1.91. The Balaban J connectivity index is 1.39. The van der Waals surface area contributed by atoms with E-state index < -0.39 is 5.97 Å². The molecular formula is C33H26N4O3. The Morgan fingerprint density at radius 1 is 0.875 bits per heavy atom. The van der Waals surface area contributed by atoms with E-state index in [2.05, 4.69) is 28.5 Å². The molecule has 0 saturated heterocycles. The minimum Gasteiger partial charge on any atom is -0.478 e. The molecule has 0 bridgehead atoms. The zero-order valence-corrected chi connectivity index (χ0v) is 21.8. The fraction of sp³-hybridized carbons (Fsp3) is 0.0909. The summed E-state index contributed by atoms with van der Waals surface area (Å²) in [4.78, 5) is 34.0. The Hall–Kier alpha value is -5.30. The van der Waals surface area contributed by atoms with Gasteiger partial charge in [0.1, 0.15) is 11.5 Å². The van der Waals surface area contributed by atoms with Gasteiger partial charge in [0.25, 0.3) is 5.91 Å². The number of imidazole rings is 1. The van der Waals surface area contributed by atoms with Crippen molar-refractivity contribution in [2.75, 3.05) is 0 Å². The first-order valence-electron chi connectivity index (χ1n) is 13.0. The highest BCUT2D eigenvalue weighted by Crippen LogP contribution is 2.26. The zero-order valence-electron chi connectivity index (χ0n) is 21.8. The standard InChI is InChI=1S/C33H26N4O3/c1-21(23-9-11-26(12-10-23)33(39)40)36-32(38)30-18-27(24-5-3-2-4-6-24)17-29-20-35-31(37(29)30)16-22-7-8-25-13-14-34-19-28(25)15-22/h2-15,17-21H,16H2,1H3,(H,36,38)(H,39,40)/t21-/m0/s1. The quantitative estimate of drug-likeness (QED) is 0.253. The van der Waals surface area contributed by atoms with Crippen molar-refractivity contribution >= 4 is 28.2 Å². The van der Waals surface area contributed by atoms with E-state index in [1.807, 2.05) is 66.1 Å². The highest BCUT2D eigenvalue weighted by Gasteiger charge is 2.19. The molecular weight excluding hydrogens is 500 g/mol. The SMILES string of the molecule is C[C@H](NC(=O)c1cc(-c2ccccc2)cc2cnc(Cc3ccc4ccncc4c3)n12)c1ccc(C(=O)O)cc1. The van der Waals surface area contributed by atoms with Crippen molar-refractivity contribution in [1.82, 2.24) is 19.7 Å². The molecule has 7 heteroatoms. The third-order valence-electron chi connectivity index (χ3n) is 7.11. The van der Waals surface area contributed by atoms with Crippen LogP contribution in [-0.4, -0.2) is 31.4 Å². The van der Waals surface area contributed by atoms with Crippen molar-refractivity contribution in [2.45, 2.75) is 19.4 Å². The van der Waals surface area contributed by atoms with Gasteiger partial charge in [-0.25, -0.2) is 9.78 Å². The smallest absolute Gasteiger partial charge is 0.335 e. The van der Waals surface area contributed by atoms with Crippen LogP contribution in [0.3, 0.4) is 0 Å². The molecule has 1 amide bonds. The molecule has 2 N–H and O–H groups in total. The first-order chi connectivity index (χ1) is 19.5. The number of carbonyl (C=O) groups is 2. The fourth-order valence-electron chi connectivity index (χ4n) is 4.98. The Morgan fingerprint density at radius 3 is 2.45 bits per heavy atom. The highest BCUT2D eigenvalue weighted by molar-refractivity contribution is 5.95. The number of carbonyl (C=O) groups excluding carboxylic acids is 1. The average molecular weight is 527 g/mol. The van der Waals surface area contributed by atoms with Gasteiger partial charge < -0.3 is 10.4 Å². The molecule has 0 aliphatic carbocycles. The van der Waals surface area contributed by atoms with Crippen molar-refractivity contribution < 1.29 is 14.7 Å². The van der Waals surface area contributed by atoms with Crippen LogP contribution >= 0.6 is 0 Å². The maximum Gasteiger partial charge on any atom is 0.335 e. The molecule has 0 saturated carbocycles. The molecule has 3 heterocycles. The second kappa shape index (κ2) is 10.5. The number of fused-ring (bicyclic) bond motifs is 2. The average Bonchev–Trinajstić information content (AvgIpc) is 3.39. The number of pyridine rings is 2. The topological polar surface area (TPSA) is 96.6 Å². The van der Waals surface area contributed by atoms with Gasteiger partial charge in [0.05, 0.1) is 23.3 Å². The molecule has 6 aromatic rings. The van der Waals surface area contributed by atoms with E-state index in [1.54, 1.807) is 36.7 Å². The number of aromatic nitrogens is 3. The van der Waals surface area contributed by atoms with Gasteiger partial charge in [-0.3, -0.25) is 14.2 Å². The number of carboxylic acid groups (broad SMARTS) is 1. The molecule has 3 aromatic heterocycles. The van der Waals surface area contributed by atoms with Crippen LogP contribution in [-0.2, 0) is 6.42 Å². The maximum atomic E-state index is 13.8. The van der Waals surface area contributed by atoms with E-state index in [1.165, 1.54) is 0 Å². The summed E-state index contributed by atoms with van der Waals surface area (Å²) >= 11 is 0. The molecule has 0 aliphatic rings. The third kappa shape index (κ3) is 4.92. The van der Waals surface area contributed by atoms with Crippen LogP contribution in [0.1, 0.15) is 50.8 Å². The summed E-state index contributed by atoms with van der Waals surface area (Å²) in [6.45, 7) is 1.88. The maximum absolute atomic E-state index is 13.8. The molecule has 3 aromatic carbocycles. The number of benzene rings is 3. The van der Waals surface area contributed by atoms with Gasteiger partial charge >= 0.3 is 5.97 Å². The van der Waals surface area contributed by atoms with Crippen molar-refractivity contribution in [2.24, 2.45) is 0 Å². The number of rotatable bonds is 7. The van der Waals surface area contributed by atoms with Gasteiger partial charge in [0.15, 0.2) is 0 Å². The summed E-state index contributed by atoms with van der Waals surface area (Å²) in [5, 5.41) is 14.5. The zero-order chi connectivity index (χ0) is 27.6. The predicted molar refractivity (Wildman–Crippen MR) is 154 cm³/mol. The number of hydrogen-bond donors (Lipinski definition) is 2. The Morgan fingerprint density at radius 2 is 1.68 bits per heavy atom. The summed E-state index contributed by atoms with van der Waals surface area (Å²) in [5.41, 5.74) is 5.29. The Kier molecular flexibility index (Phi) is 6.54. The van der Waals surface area contributed by atoms with Crippen LogP contribution in [0.4, 0.5) is 0 Å². The first-order valence-corrected chi connectivity index (χ1v) is 13.0. The third-order valence-corrected chi connectivity index (χ3v) is 7.11. The van der Waals surface area contributed by atoms with Crippen LogP contribution in [0, 0.1) is 0 Å². The molecule has 0 radical (unpaired) electrons. The van der Waals surface area contributed by atoms with Gasteiger partial charge in [-0.05, 0) is 71.0 Å². The summed E-state index contributed by atoms with van der Waals surface area (Å²) in [6.07, 6.45) is 5.96. The normalized spacial score (nSPS) is 11.9. The van der Waals surface area contributed by atoms with E-state index in [4.69, 9.17) is 4.98 Å². The molecule has 196 valence electrons. The number of nitrogens with zero attached hydrogens (tertiary/aromatic N) is 3. The van der Waals surface area contributed by atoms with E-state index in [9.17, 15) is 14.7 Å². The lowest BCUT2D eigenvalue weighted by Gasteiger charge is -2.17. The first kappa shape index (κ1) is 25.0. The molecule has 40 heavy (non-hydrogen) atoms. The van der Waals surface area contributed by atoms with Gasteiger partial charge in [-0.2, -0.15) is 0 Å². The van der Waals surface area contributed by atoms with Gasteiger partial charge in [-0.1, -0.05) is 54.6 Å². The van der Waals surface area contributed by atoms with E-state index in [-0.39, 0.29) is 17.5 Å². The number of amides is 1. The van der Waals surface area contributed by atoms with Crippen LogP contribution in [0.5, 0.6) is 0 Å². The highest BCUT2D eigenvalue weighted by atomic mass is 16.4. The largest absolute Gasteiger partial charge is 0.478 e. The van der Waals surface area contributed by atoms with Gasteiger partial charge in [-0.15, -0.1) is 0 Å².